The van der Waals surface area contributed by atoms with Crippen molar-refractivity contribution in [3.8, 4) is 0 Å². The monoisotopic (exact) mass is 243 g/mol. The van der Waals surface area contributed by atoms with E-state index in [0.29, 0.717) is 12.5 Å². The fourth-order valence-corrected chi connectivity index (χ4v) is 2.70. The van der Waals surface area contributed by atoms with Gasteiger partial charge in [0.15, 0.2) is 4.34 Å². The molecule has 0 bridgehead atoms. The van der Waals surface area contributed by atoms with Crippen LogP contribution in [0.1, 0.15) is 26.2 Å². The number of thioether (sulfide) groups is 1. The predicted octanol–water partition coefficient (Wildman–Crippen LogP) is 2.17. The summed E-state index contributed by atoms with van der Waals surface area (Å²) in [5, 5.41) is 8.85. The summed E-state index contributed by atoms with van der Waals surface area (Å²) in [5.41, 5.74) is 0. The molecule has 1 amide bonds. The van der Waals surface area contributed by atoms with Gasteiger partial charge in [-0.15, -0.1) is 10.2 Å². The highest BCUT2D eigenvalue weighted by Gasteiger charge is 2.34. The lowest BCUT2D eigenvalue weighted by molar-refractivity contribution is -0.118. The van der Waals surface area contributed by atoms with Crippen molar-refractivity contribution in [2.24, 2.45) is 0 Å². The van der Waals surface area contributed by atoms with Crippen LogP contribution in [0.3, 0.4) is 0 Å². The number of hydrogen-bond acceptors (Lipinski definition) is 5. The van der Waals surface area contributed by atoms with Crippen molar-refractivity contribution in [3.63, 3.8) is 0 Å². The molecule has 1 aliphatic rings. The van der Waals surface area contributed by atoms with Crippen LogP contribution in [0.2, 0.25) is 0 Å². The zero-order chi connectivity index (χ0) is 10.8. The summed E-state index contributed by atoms with van der Waals surface area (Å²) >= 11 is 3.06. The van der Waals surface area contributed by atoms with Crippen LogP contribution in [0.5, 0.6) is 0 Å². The van der Waals surface area contributed by atoms with Gasteiger partial charge in [0.25, 0.3) is 0 Å². The molecule has 1 aromatic rings. The maximum Gasteiger partial charge on any atom is 0.228 e. The molecule has 0 unspecified atom stereocenters. The highest BCUT2D eigenvalue weighted by Crippen LogP contribution is 2.35. The van der Waals surface area contributed by atoms with E-state index in [0.717, 1.165) is 22.3 Å². The second-order valence-corrected chi connectivity index (χ2v) is 5.41. The molecule has 0 spiro atoms. The first-order valence-electron chi connectivity index (χ1n) is 4.95. The Morgan fingerprint density at radius 3 is 2.80 bits per heavy atom. The third-order valence-corrected chi connectivity index (χ3v) is 4.16. The molecular weight excluding hydrogens is 230 g/mol. The van der Waals surface area contributed by atoms with Crippen molar-refractivity contribution in [2.75, 3.05) is 11.2 Å². The molecule has 4 nitrogen and oxygen atoms in total. The summed E-state index contributed by atoms with van der Waals surface area (Å²) in [5.74, 6) is 0.154. The van der Waals surface area contributed by atoms with Gasteiger partial charge in [0.05, 0.1) is 0 Å². The van der Waals surface area contributed by atoms with Crippen molar-refractivity contribution >= 4 is 34.1 Å². The molecule has 6 heteroatoms. The van der Waals surface area contributed by atoms with E-state index in [4.69, 9.17) is 0 Å². The normalized spacial score (nSPS) is 15.3. The van der Waals surface area contributed by atoms with Crippen molar-refractivity contribution < 1.29 is 4.79 Å². The Morgan fingerprint density at radius 1 is 1.60 bits per heavy atom. The van der Waals surface area contributed by atoms with Crippen molar-refractivity contribution in [3.05, 3.63) is 0 Å². The van der Waals surface area contributed by atoms with Gasteiger partial charge in [-0.1, -0.05) is 30.0 Å². The first kappa shape index (κ1) is 10.9. The Labute approximate surface area is 97.1 Å². The minimum Gasteiger partial charge on any atom is -0.284 e. The Balaban J connectivity index is 2.20. The zero-order valence-corrected chi connectivity index (χ0v) is 10.4. The summed E-state index contributed by atoms with van der Waals surface area (Å²) in [6.07, 6.45) is 4.69. The number of rotatable bonds is 4. The van der Waals surface area contributed by atoms with Crippen LogP contribution in [0, 0.1) is 0 Å². The average Bonchev–Trinajstić information content (AvgIpc) is 2.96. The Bertz CT molecular complexity index is 362. The van der Waals surface area contributed by atoms with E-state index >= 15 is 0 Å². The van der Waals surface area contributed by atoms with Gasteiger partial charge in [-0.25, -0.2) is 0 Å². The van der Waals surface area contributed by atoms with E-state index < -0.39 is 0 Å². The van der Waals surface area contributed by atoms with Gasteiger partial charge in [0, 0.05) is 12.5 Å². The predicted molar refractivity (Wildman–Crippen MR) is 62.5 cm³/mol. The minimum absolute atomic E-state index is 0.154. The zero-order valence-electron chi connectivity index (χ0n) is 8.77. The lowest BCUT2D eigenvalue weighted by Gasteiger charge is -2.17. The molecule has 1 aliphatic carbocycles. The second kappa shape index (κ2) is 4.49. The van der Waals surface area contributed by atoms with Crippen LogP contribution in [-0.2, 0) is 4.79 Å². The average molecular weight is 243 g/mol. The quantitative estimate of drug-likeness (QED) is 0.600. The summed E-state index contributed by atoms with van der Waals surface area (Å²) < 4.78 is 0.916. The Hall–Kier alpha value is -0.620. The van der Waals surface area contributed by atoms with Crippen LogP contribution in [0.15, 0.2) is 4.34 Å². The fraction of sp³-hybridized carbons (Fsp3) is 0.667. The van der Waals surface area contributed by atoms with Gasteiger partial charge >= 0.3 is 0 Å². The largest absolute Gasteiger partial charge is 0.284 e. The highest BCUT2D eigenvalue weighted by atomic mass is 32.2. The number of amides is 1. The van der Waals surface area contributed by atoms with E-state index in [9.17, 15) is 4.79 Å². The minimum atomic E-state index is 0.154. The fourth-order valence-electron chi connectivity index (χ4n) is 1.35. The molecule has 15 heavy (non-hydrogen) atoms. The van der Waals surface area contributed by atoms with Crippen LogP contribution < -0.4 is 4.90 Å². The van der Waals surface area contributed by atoms with E-state index in [1.165, 1.54) is 11.3 Å². The lowest BCUT2D eigenvalue weighted by atomic mass is 10.4. The van der Waals surface area contributed by atoms with Crippen molar-refractivity contribution in [2.45, 2.75) is 36.6 Å². The number of anilines is 1. The molecule has 82 valence electrons. The van der Waals surface area contributed by atoms with E-state index in [-0.39, 0.29) is 5.91 Å². The van der Waals surface area contributed by atoms with Crippen molar-refractivity contribution in [1.29, 1.82) is 0 Å². The smallest absolute Gasteiger partial charge is 0.228 e. The third-order valence-electron chi connectivity index (χ3n) is 2.26. The van der Waals surface area contributed by atoms with Gasteiger partial charge in [0.1, 0.15) is 0 Å². The number of aromatic nitrogens is 2. The number of nitrogens with zero attached hydrogens (tertiary/aromatic N) is 3. The van der Waals surface area contributed by atoms with Gasteiger partial charge in [-0.05, 0) is 19.1 Å². The van der Waals surface area contributed by atoms with Gasteiger partial charge in [-0.2, -0.15) is 0 Å². The molecule has 0 aliphatic heterocycles. The molecule has 0 saturated heterocycles. The summed E-state index contributed by atoms with van der Waals surface area (Å²) in [6.45, 7) is 1.88. The van der Waals surface area contributed by atoms with E-state index in [2.05, 4.69) is 10.2 Å². The molecule has 0 aromatic carbocycles. The summed E-state index contributed by atoms with van der Waals surface area (Å²) in [7, 11) is 0. The Kier molecular flexibility index (Phi) is 3.25. The van der Waals surface area contributed by atoms with Gasteiger partial charge in [0.2, 0.25) is 11.0 Å². The summed E-state index contributed by atoms with van der Waals surface area (Å²) in [4.78, 5) is 13.6. The van der Waals surface area contributed by atoms with E-state index in [1.807, 2.05) is 18.1 Å². The molecule has 1 fully saturated rings. The lowest BCUT2D eigenvalue weighted by Crippen LogP contribution is -2.32. The van der Waals surface area contributed by atoms with Crippen LogP contribution in [-0.4, -0.2) is 28.4 Å². The SMILES string of the molecule is CCC(=O)N(c1nnc(SC)s1)C1CC1. The first-order valence-corrected chi connectivity index (χ1v) is 7.00. The molecule has 0 radical (unpaired) electrons. The number of carbonyl (C=O) groups excluding carboxylic acids is 1. The maximum absolute atomic E-state index is 11.7. The standard InChI is InChI=1S/C9H13N3OS2/c1-3-7(13)12(6-4-5-6)8-10-11-9(14-2)15-8/h6H,3-5H2,1-2H3. The molecule has 0 N–H and O–H groups in total. The number of carbonyl (C=O) groups is 1. The van der Waals surface area contributed by atoms with Crippen LogP contribution in [0.4, 0.5) is 5.13 Å². The van der Waals surface area contributed by atoms with E-state index in [1.54, 1.807) is 11.8 Å². The van der Waals surface area contributed by atoms with Gasteiger partial charge in [-0.3, -0.25) is 9.69 Å². The molecular formula is C9H13N3OS2. The Morgan fingerprint density at radius 2 is 2.33 bits per heavy atom. The topological polar surface area (TPSA) is 46.1 Å². The molecule has 1 saturated carbocycles. The molecule has 2 rings (SSSR count). The first-order chi connectivity index (χ1) is 7.26. The van der Waals surface area contributed by atoms with Crippen LogP contribution in [0.25, 0.3) is 0 Å². The maximum atomic E-state index is 11.7. The third kappa shape index (κ3) is 2.31. The van der Waals surface area contributed by atoms with Gasteiger partial charge < -0.3 is 0 Å². The molecule has 0 atom stereocenters. The molecule has 1 aromatic heterocycles. The highest BCUT2D eigenvalue weighted by molar-refractivity contribution is 8.00. The molecule has 1 heterocycles. The summed E-state index contributed by atoms with van der Waals surface area (Å²) in [6, 6.07) is 0.375. The van der Waals surface area contributed by atoms with Crippen LogP contribution >= 0.6 is 23.1 Å². The number of hydrogen-bond donors (Lipinski definition) is 0. The second-order valence-electron chi connectivity index (χ2n) is 3.40. The van der Waals surface area contributed by atoms with Crippen molar-refractivity contribution in [1.82, 2.24) is 10.2 Å².